The molecule has 1 heterocycles. The first-order valence-electron chi connectivity index (χ1n) is 5.09. The van der Waals surface area contributed by atoms with E-state index in [0.717, 1.165) is 16.4 Å². The molecule has 0 amide bonds. The third kappa shape index (κ3) is 2.56. The Bertz CT molecular complexity index is 357. The van der Waals surface area contributed by atoms with Gasteiger partial charge in [-0.15, -0.1) is 0 Å². The minimum Gasteiger partial charge on any atom is -0.346 e. The second-order valence-electron chi connectivity index (χ2n) is 4.29. The molecule has 0 aliphatic carbocycles. The Labute approximate surface area is 95.1 Å². The van der Waals surface area contributed by atoms with E-state index in [1.165, 1.54) is 11.3 Å². The molecule has 15 heavy (non-hydrogen) atoms. The molecule has 0 fully saturated rings. The molecule has 0 spiro atoms. The summed E-state index contributed by atoms with van der Waals surface area (Å²) in [5.74, 6) is 0.0847. The molecule has 84 valence electrons. The Kier molecular flexibility index (Phi) is 3.50. The fourth-order valence-corrected chi connectivity index (χ4v) is 2.01. The van der Waals surface area contributed by atoms with Gasteiger partial charge in [-0.05, 0) is 20.3 Å². The van der Waals surface area contributed by atoms with E-state index in [1.54, 1.807) is 13.1 Å². The van der Waals surface area contributed by atoms with Gasteiger partial charge in [0, 0.05) is 19.5 Å². The average molecular weight is 226 g/mol. The molecule has 4 heteroatoms. The van der Waals surface area contributed by atoms with Crippen molar-refractivity contribution in [3.8, 4) is 0 Å². The Morgan fingerprint density at radius 3 is 2.60 bits per heavy atom. The lowest BCUT2D eigenvalue weighted by Crippen LogP contribution is -2.40. The molecule has 3 nitrogen and oxygen atoms in total. The van der Waals surface area contributed by atoms with Gasteiger partial charge in [-0.25, -0.2) is 4.98 Å². The Balaban J connectivity index is 2.92. The van der Waals surface area contributed by atoms with E-state index in [0.29, 0.717) is 0 Å². The van der Waals surface area contributed by atoms with Crippen molar-refractivity contribution in [3.63, 3.8) is 0 Å². The van der Waals surface area contributed by atoms with Gasteiger partial charge < -0.3 is 4.90 Å². The molecule has 1 aromatic rings. The zero-order valence-electron chi connectivity index (χ0n) is 10.00. The first-order chi connectivity index (χ1) is 6.88. The predicted octanol–water partition coefficient (Wildman–Crippen LogP) is 2.97. The second-order valence-corrected chi connectivity index (χ2v) is 5.30. The first-order valence-corrected chi connectivity index (χ1v) is 5.90. The summed E-state index contributed by atoms with van der Waals surface area (Å²) < 4.78 is 0. The highest BCUT2D eigenvalue weighted by atomic mass is 32.1. The van der Waals surface area contributed by atoms with Crippen LogP contribution in [0, 0.1) is 0 Å². The van der Waals surface area contributed by atoms with Crippen LogP contribution < -0.4 is 4.90 Å². The molecule has 0 aromatic carbocycles. The van der Waals surface area contributed by atoms with E-state index in [1.807, 2.05) is 7.05 Å². The van der Waals surface area contributed by atoms with E-state index in [9.17, 15) is 4.79 Å². The molecule has 0 atom stereocenters. The van der Waals surface area contributed by atoms with Crippen LogP contribution in [-0.4, -0.2) is 23.4 Å². The van der Waals surface area contributed by atoms with Crippen LogP contribution in [0.25, 0.3) is 0 Å². The fourth-order valence-electron chi connectivity index (χ4n) is 1.08. The quantitative estimate of drug-likeness (QED) is 0.740. The van der Waals surface area contributed by atoms with Crippen molar-refractivity contribution < 1.29 is 4.79 Å². The maximum absolute atomic E-state index is 11.2. The summed E-state index contributed by atoms with van der Waals surface area (Å²) in [6.07, 6.45) is 2.70. The van der Waals surface area contributed by atoms with E-state index < -0.39 is 0 Å². The summed E-state index contributed by atoms with van der Waals surface area (Å²) in [4.78, 5) is 18.3. The molecule has 0 saturated heterocycles. The minimum absolute atomic E-state index is 0.0753. The Morgan fingerprint density at radius 2 is 2.20 bits per heavy atom. The third-order valence-electron chi connectivity index (χ3n) is 2.90. The highest BCUT2D eigenvalue weighted by molar-refractivity contribution is 7.17. The fraction of sp³-hybridized carbons (Fsp3) is 0.636. The standard InChI is InChI=1S/C11H18N2OS/c1-6-11(3,4)13(5)10-12-7-9(15-10)8(2)14/h7H,6H2,1-5H3. The van der Waals surface area contributed by atoms with Crippen molar-refractivity contribution in [1.82, 2.24) is 4.98 Å². The van der Waals surface area contributed by atoms with Crippen LogP contribution in [0.1, 0.15) is 43.8 Å². The van der Waals surface area contributed by atoms with Crippen molar-refractivity contribution in [2.24, 2.45) is 0 Å². The maximum atomic E-state index is 11.2. The number of nitrogens with zero attached hydrogens (tertiary/aromatic N) is 2. The van der Waals surface area contributed by atoms with Crippen molar-refractivity contribution >= 4 is 22.3 Å². The molecule has 0 unspecified atom stereocenters. The van der Waals surface area contributed by atoms with Crippen LogP contribution in [0.15, 0.2) is 6.20 Å². The van der Waals surface area contributed by atoms with Gasteiger partial charge in [0.05, 0.1) is 11.1 Å². The number of Topliss-reactive ketones (excluding diaryl/α,β-unsaturated/α-hetero) is 1. The molecule has 1 aromatic heterocycles. The summed E-state index contributed by atoms with van der Waals surface area (Å²) in [6.45, 7) is 8.06. The summed E-state index contributed by atoms with van der Waals surface area (Å²) in [5.41, 5.74) is 0.0753. The molecular weight excluding hydrogens is 208 g/mol. The summed E-state index contributed by atoms with van der Waals surface area (Å²) >= 11 is 1.46. The van der Waals surface area contributed by atoms with Gasteiger partial charge in [-0.2, -0.15) is 0 Å². The second kappa shape index (κ2) is 4.31. The predicted molar refractivity (Wildman–Crippen MR) is 64.9 cm³/mol. The number of anilines is 1. The number of aromatic nitrogens is 1. The molecule has 0 saturated carbocycles. The molecular formula is C11H18N2OS. The van der Waals surface area contributed by atoms with E-state index in [2.05, 4.69) is 30.7 Å². The summed E-state index contributed by atoms with van der Waals surface area (Å²) in [7, 11) is 2.02. The van der Waals surface area contributed by atoms with Crippen molar-refractivity contribution in [2.45, 2.75) is 39.7 Å². The Morgan fingerprint density at radius 1 is 1.60 bits per heavy atom. The van der Waals surface area contributed by atoms with Crippen LogP contribution in [0.4, 0.5) is 5.13 Å². The van der Waals surface area contributed by atoms with Crippen LogP contribution in [0.5, 0.6) is 0 Å². The normalized spacial score (nSPS) is 11.5. The number of ketones is 1. The van der Waals surface area contributed by atoms with Gasteiger partial charge >= 0.3 is 0 Å². The van der Waals surface area contributed by atoms with E-state index >= 15 is 0 Å². The lowest BCUT2D eigenvalue weighted by Gasteiger charge is -2.34. The molecule has 1 rings (SSSR count). The highest BCUT2D eigenvalue weighted by Gasteiger charge is 2.23. The lowest BCUT2D eigenvalue weighted by molar-refractivity contribution is 0.102. The van der Waals surface area contributed by atoms with Crippen LogP contribution in [0.2, 0.25) is 0 Å². The number of hydrogen-bond acceptors (Lipinski definition) is 4. The number of thiazole rings is 1. The third-order valence-corrected chi connectivity index (χ3v) is 4.08. The lowest BCUT2D eigenvalue weighted by atomic mass is 10.0. The largest absolute Gasteiger partial charge is 0.346 e. The van der Waals surface area contributed by atoms with Gasteiger partial charge in [0.25, 0.3) is 0 Å². The van der Waals surface area contributed by atoms with Gasteiger partial charge in [0.1, 0.15) is 0 Å². The molecule has 0 radical (unpaired) electrons. The van der Waals surface area contributed by atoms with Crippen molar-refractivity contribution in [3.05, 3.63) is 11.1 Å². The molecule has 0 N–H and O–H groups in total. The van der Waals surface area contributed by atoms with Crippen LogP contribution >= 0.6 is 11.3 Å². The van der Waals surface area contributed by atoms with Gasteiger partial charge in [0.2, 0.25) is 0 Å². The first kappa shape index (κ1) is 12.2. The smallest absolute Gasteiger partial charge is 0.186 e. The topological polar surface area (TPSA) is 33.2 Å². The summed E-state index contributed by atoms with van der Waals surface area (Å²) in [6, 6.07) is 0. The zero-order valence-corrected chi connectivity index (χ0v) is 10.8. The SMILES string of the molecule is CCC(C)(C)N(C)c1ncc(C(C)=O)s1. The Hall–Kier alpha value is -0.900. The van der Waals surface area contributed by atoms with Crippen LogP contribution in [-0.2, 0) is 0 Å². The van der Waals surface area contributed by atoms with Crippen molar-refractivity contribution in [1.29, 1.82) is 0 Å². The highest BCUT2D eigenvalue weighted by Crippen LogP contribution is 2.28. The van der Waals surface area contributed by atoms with Gasteiger partial charge in [-0.3, -0.25) is 4.79 Å². The molecule has 0 aliphatic heterocycles. The van der Waals surface area contributed by atoms with Crippen LogP contribution in [0.3, 0.4) is 0 Å². The maximum Gasteiger partial charge on any atom is 0.186 e. The van der Waals surface area contributed by atoms with Gasteiger partial charge in [0.15, 0.2) is 10.9 Å². The van der Waals surface area contributed by atoms with E-state index in [-0.39, 0.29) is 11.3 Å². The van der Waals surface area contributed by atoms with E-state index in [4.69, 9.17) is 0 Å². The van der Waals surface area contributed by atoms with Crippen molar-refractivity contribution in [2.75, 3.05) is 11.9 Å². The number of hydrogen-bond donors (Lipinski definition) is 0. The average Bonchev–Trinajstić information content (AvgIpc) is 2.65. The monoisotopic (exact) mass is 226 g/mol. The molecule has 0 aliphatic rings. The minimum atomic E-state index is 0.0753. The molecule has 0 bridgehead atoms. The summed E-state index contributed by atoms with van der Waals surface area (Å²) in [5, 5.41) is 0.909. The van der Waals surface area contributed by atoms with Gasteiger partial charge in [-0.1, -0.05) is 18.3 Å². The number of carbonyl (C=O) groups is 1. The number of carbonyl (C=O) groups excluding carboxylic acids is 1. The zero-order chi connectivity index (χ0) is 11.6. The number of rotatable bonds is 4.